The summed E-state index contributed by atoms with van der Waals surface area (Å²) in [7, 11) is 0. The minimum absolute atomic E-state index is 0. The molecular formula is C20H28Cl2Zr-2. The zero-order valence-electron chi connectivity index (χ0n) is 14.8. The standard InChI is InChI=1S/2C7H9.C6H10.2ClH.Zr/c1-6-3-4-7(2)5-6;1-6-4-3-5-7(6)2;1-2-4-6-5-3-1;;;/h2*3-5H,1-2H3;1-5H2;2*1H;/q2*-1;;;;+2/p-2. The molecule has 0 heterocycles. The molecule has 0 amide bonds. The molecular weight excluding hydrogens is 402 g/mol. The first-order valence-corrected chi connectivity index (χ1v) is 9.17. The quantitative estimate of drug-likeness (QED) is 0.505. The van der Waals surface area contributed by atoms with E-state index in [2.05, 4.69) is 64.1 Å². The van der Waals surface area contributed by atoms with Crippen LogP contribution in [0.5, 0.6) is 0 Å². The van der Waals surface area contributed by atoms with Gasteiger partial charge in [-0.15, -0.1) is 0 Å². The number of aryl methyl sites for hydroxylation is 4. The van der Waals surface area contributed by atoms with Crippen molar-refractivity contribution in [2.24, 2.45) is 0 Å². The Kier molecular flexibility index (Phi) is 15.8. The van der Waals surface area contributed by atoms with E-state index < -0.39 is 0 Å². The Bertz CT molecular complexity index is 496. The van der Waals surface area contributed by atoms with E-state index in [1.54, 1.807) is 27.4 Å². The van der Waals surface area contributed by atoms with Gasteiger partial charge in [-0.05, 0) is 0 Å². The van der Waals surface area contributed by atoms with Crippen molar-refractivity contribution in [3.05, 3.63) is 58.7 Å². The minimum atomic E-state index is 0. The summed E-state index contributed by atoms with van der Waals surface area (Å²) in [6.07, 6.45) is 7.32. The first-order chi connectivity index (χ1) is 9.99. The topological polar surface area (TPSA) is 0 Å². The van der Waals surface area contributed by atoms with Crippen LogP contribution in [0.3, 0.4) is 0 Å². The molecule has 0 radical (unpaired) electrons. The van der Waals surface area contributed by atoms with Crippen LogP contribution in [0.15, 0.2) is 36.4 Å². The second-order valence-corrected chi connectivity index (χ2v) is 7.76. The molecule has 3 rings (SSSR count). The molecule has 0 bridgehead atoms. The van der Waals surface area contributed by atoms with Gasteiger partial charge in [0.05, 0.1) is 0 Å². The van der Waals surface area contributed by atoms with E-state index >= 15 is 0 Å². The molecule has 1 aliphatic carbocycles. The van der Waals surface area contributed by atoms with Crippen molar-refractivity contribution >= 4 is 3.21 Å². The molecule has 0 atom stereocenters. The molecule has 0 aliphatic heterocycles. The Morgan fingerprint density at radius 3 is 1.39 bits per heavy atom. The Morgan fingerprint density at radius 1 is 0.783 bits per heavy atom. The second kappa shape index (κ2) is 14.4. The molecule has 0 nitrogen and oxygen atoms in total. The molecule has 3 heteroatoms. The van der Waals surface area contributed by atoms with Gasteiger partial charge in [0.1, 0.15) is 0 Å². The van der Waals surface area contributed by atoms with Gasteiger partial charge in [-0.1, -0.05) is 27.7 Å². The first-order valence-electron chi connectivity index (χ1n) is 7.94. The van der Waals surface area contributed by atoms with Crippen LogP contribution in [0, 0.1) is 27.7 Å². The van der Waals surface area contributed by atoms with E-state index in [1.807, 2.05) is 0 Å². The SMILES string of the molecule is Cc1c[cH-]cc1C.Cc1ccc(C)[cH-]1.[Cl-].[Cl-].[Zr+2]=[C]1CCCCC1. The van der Waals surface area contributed by atoms with E-state index in [1.165, 1.54) is 54.4 Å². The number of halogens is 2. The Balaban J connectivity index is 0. The van der Waals surface area contributed by atoms with Crippen LogP contribution < -0.4 is 24.8 Å². The van der Waals surface area contributed by atoms with Gasteiger partial charge in [-0.2, -0.15) is 46.5 Å². The third kappa shape index (κ3) is 12.1. The third-order valence-electron chi connectivity index (χ3n) is 3.84. The first kappa shape index (κ1) is 25.3. The fraction of sp³-hybridized carbons (Fsp3) is 0.450. The van der Waals surface area contributed by atoms with Crippen LogP contribution in [-0.4, -0.2) is 3.21 Å². The summed E-state index contributed by atoms with van der Waals surface area (Å²) in [6.45, 7) is 8.45. The van der Waals surface area contributed by atoms with E-state index in [-0.39, 0.29) is 24.8 Å². The van der Waals surface area contributed by atoms with E-state index in [4.69, 9.17) is 0 Å². The predicted molar refractivity (Wildman–Crippen MR) is 91.1 cm³/mol. The summed E-state index contributed by atoms with van der Waals surface area (Å²) in [6, 6.07) is 12.7. The van der Waals surface area contributed by atoms with Crippen LogP contribution in [0.1, 0.15) is 54.4 Å². The number of hydrogen-bond acceptors (Lipinski definition) is 0. The summed E-state index contributed by atoms with van der Waals surface area (Å²) in [4.78, 5) is 0. The molecule has 1 aliphatic rings. The van der Waals surface area contributed by atoms with Crippen LogP contribution in [0.4, 0.5) is 0 Å². The molecule has 0 unspecified atom stereocenters. The van der Waals surface area contributed by atoms with Crippen molar-refractivity contribution in [1.82, 2.24) is 0 Å². The van der Waals surface area contributed by atoms with Gasteiger partial charge in [0.25, 0.3) is 0 Å². The van der Waals surface area contributed by atoms with Gasteiger partial charge in [0, 0.05) is 0 Å². The van der Waals surface area contributed by atoms with E-state index in [0.717, 1.165) is 0 Å². The average molecular weight is 431 g/mol. The van der Waals surface area contributed by atoms with Crippen LogP contribution >= 0.6 is 0 Å². The molecule has 1 saturated carbocycles. The molecule has 2 aromatic carbocycles. The van der Waals surface area contributed by atoms with E-state index in [0.29, 0.717) is 0 Å². The molecule has 0 spiro atoms. The summed E-state index contributed by atoms with van der Waals surface area (Å²) < 4.78 is 1.80. The fourth-order valence-electron chi connectivity index (χ4n) is 2.30. The van der Waals surface area contributed by atoms with Gasteiger partial charge in [0.2, 0.25) is 0 Å². The monoisotopic (exact) mass is 428 g/mol. The Labute approximate surface area is 169 Å². The van der Waals surface area contributed by atoms with Crippen molar-refractivity contribution in [2.75, 3.05) is 0 Å². The normalized spacial score (nSPS) is 12.7. The zero-order valence-corrected chi connectivity index (χ0v) is 18.7. The second-order valence-electron chi connectivity index (χ2n) is 6.02. The number of rotatable bonds is 0. The summed E-state index contributed by atoms with van der Waals surface area (Å²) in [5, 5.41) is 0. The maximum absolute atomic E-state index is 2.17. The third-order valence-corrected chi connectivity index (χ3v) is 5.07. The van der Waals surface area contributed by atoms with Crippen molar-refractivity contribution in [1.29, 1.82) is 0 Å². The van der Waals surface area contributed by atoms with Crippen molar-refractivity contribution < 1.29 is 49.0 Å². The summed E-state index contributed by atoms with van der Waals surface area (Å²) in [5.74, 6) is 0. The van der Waals surface area contributed by atoms with Gasteiger partial charge in [0.15, 0.2) is 0 Å². The summed E-state index contributed by atoms with van der Waals surface area (Å²) >= 11 is 1.69. The van der Waals surface area contributed by atoms with Crippen molar-refractivity contribution in [3.63, 3.8) is 0 Å². The molecule has 2 aromatic rings. The fourth-order valence-corrected chi connectivity index (χ4v) is 3.17. The molecule has 23 heavy (non-hydrogen) atoms. The Morgan fingerprint density at radius 2 is 1.22 bits per heavy atom. The molecule has 1 fully saturated rings. The molecule has 0 aromatic heterocycles. The predicted octanol–water partition coefficient (Wildman–Crippen LogP) is -0.278. The average Bonchev–Trinajstić information content (AvgIpc) is 3.01. The zero-order chi connectivity index (χ0) is 15.7. The van der Waals surface area contributed by atoms with Crippen molar-refractivity contribution in [3.8, 4) is 0 Å². The molecule has 0 N–H and O–H groups in total. The van der Waals surface area contributed by atoms with Crippen LogP contribution in [0.2, 0.25) is 0 Å². The summed E-state index contributed by atoms with van der Waals surface area (Å²) in [5.41, 5.74) is 5.50. The van der Waals surface area contributed by atoms with Crippen molar-refractivity contribution in [2.45, 2.75) is 59.8 Å². The van der Waals surface area contributed by atoms with Gasteiger partial charge in [-0.3, -0.25) is 0 Å². The van der Waals surface area contributed by atoms with E-state index in [9.17, 15) is 0 Å². The Hall–Kier alpha value is 0.0331. The number of hydrogen-bond donors (Lipinski definition) is 0. The maximum atomic E-state index is 2.17. The van der Waals surface area contributed by atoms with Crippen LogP contribution in [-0.2, 0) is 24.2 Å². The molecule has 128 valence electrons. The van der Waals surface area contributed by atoms with Gasteiger partial charge < -0.3 is 24.8 Å². The van der Waals surface area contributed by atoms with Gasteiger partial charge >= 0.3 is 59.5 Å². The van der Waals surface area contributed by atoms with Gasteiger partial charge in [-0.25, -0.2) is 12.1 Å². The van der Waals surface area contributed by atoms with Crippen LogP contribution in [0.25, 0.3) is 0 Å². The molecule has 0 saturated heterocycles.